The van der Waals surface area contributed by atoms with Gasteiger partial charge in [0, 0.05) is 25.0 Å². The number of hydrogen-bond donors (Lipinski definition) is 1. The number of carbonyl (C=O) groups excluding carboxylic acids is 1. The van der Waals surface area contributed by atoms with Crippen LogP contribution >= 0.6 is 0 Å². The molecule has 2 aromatic carbocycles. The van der Waals surface area contributed by atoms with Crippen molar-refractivity contribution in [2.24, 2.45) is 5.73 Å². The number of likely N-dealkylation sites (tertiary alicyclic amines) is 1. The fourth-order valence-electron chi connectivity index (χ4n) is 3.86. The number of carbonyl (C=O) groups is 1. The molecule has 2 aliphatic rings. The fourth-order valence-corrected chi connectivity index (χ4v) is 3.86. The van der Waals surface area contributed by atoms with Crippen molar-refractivity contribution in [2.75, 3.05) is 19.7 Å². The highest BCUT2D eigenvalue weighted by Crippen LogP contribution is 2.44. The summed E-state index contributed by atoms with van der Waals surface area (Å²) in [6.07, 6.45) is 1.69. The molecule has 1 saturated heterocycles. The Bertz CT molecular complexity index is 713. The Balaban J connectivity index is 1.51. The molecule has 2 N–H and O–H groups in total. The Morgan fingerprint density at radius 2 is 1.71 bits per heavy atom. The number of hydrogen-bond acceptors (Lipinski definition) is 3. The summed E-state index contributed by atoms with van der Waals surface area (Å²) < 4.78 is 5.66. The first-order valence-electron chi connectivity index (χ1n) is 8.59. The maximum Gasteiger partial charge on any atom is 0.409 e. The van der Waals surface area contributed by atoms with E-state index in [0.29, 0.717) is 13.2 Å². The lowest BCUT2D eigenvalue weighted by Gasteiger charge is -2.30. The summed E-state index contributed by atoms with van der Waals surface area (Å²) in [5, 5.41) is 0. The van der Waals surface area contributed by atoms with E-state index in [9.17, 15) is 4.79 Å². The summed E-state index contributed by atoms with van der Waals surface area (Å²) in [4.78, 5) is 14.1. The minimum absolute atomic E-state index is 0.0687. The molecule has 24 heavy (non-hydrogen) atoms. The van der Waals surface area contributed by atoms with Crippen LogP contribution in [-0.2, 0) is 4.74 Å². The molecule has 0 saturated carbocycles. The van der Waals surface area contributed by atoms with Crippen LogP contribution in [-0.4, -0.2) is 36.7 Å². The molecular formula is C20H22N2O2. The van der Waals surface area contributed by atoms with Gasteiger partial charge >= 0.3 is 6.09 Å². The maximum atomic E-state index is 12.4. The van der Waals surface area contributed by atoms with E-state index < -0.39 is 0 Å². The molecule has 1 aliphatic heterocycles. The zero-order chi connectivity index (χ0) is 16.5. The molecule has 2 aromatic rings. The van der Waals surface area contributed by atoms with Crippen LogP contribution in [0.25, 0.3) is 11.1 Å². The first-order chi connectivity index (χ1) is 11.7. The lowest BCUT2D eigenvalue weighted by atomic mass is 9.98. The quantitative estimate of drug-likeness (QED) is 0.922. The van der Waals surface area contributed by atoms with Crippen LogP contribution < -0.4 is 5.73 Å². The van der Waals surface area contributed by atoms with Crippen molar-refractivity contribution >= 4 is 6.09 Å². The van der Waals surface area contributed by atoms with Gasteiger partial charge in [-0.15, -0.1) is 0 Å². The van der Waals surface area contributed by atoms with Crippen molar-refractivity contribution in [1.29, 1.82) is 0 Å². The number of fused-ring (bicyclic) bond motifs is 3. The summed E-state index contributed by atoms with van der Waals surface area (Å²) in [6, 6.07) is 16.8. The van der Waals surface area contributed by atoms with E-state index >= 15 is 0 Å². The molecule has 1 aliphatic carbocycles. The number of piperidine rings is 1. The van der Waals surface area contributed by atoms with E-state index in [1.165, 1.54) is 22.3 Å². The SMILES string of the molecule is NC1CCCN(C(=O)OCC2c3ccccc3-c3ccccc32)C1. The topological polar surface area (TPSA) is 55.6 Å². The molecule has 1 heterocycles. The summed E-state index contributed by atoms with van der Waals surface area (Å²) >= 11 is 0. The van der Waals surface area contributed by atoms with Gasteiger partial charge in [0.15, 0.2) is 0 Å². The van der Waals surface area contributed by atoms with E-state index in [1.54, 1.807) is 4.90 Å². The third-order valence-electron chi connectivity index (χ3n) is 5.05. The van der Waals surface area contributed by atoms with E-state index in [4.69, 9.17) is 10.5 Å². The Morgan fingerprint density at radius 3 is 2.33 bits per heavy atom. The largest absolute Gasteiger partial charge is 0.448 e. The van der Waals surface area contributed by atoms with E-state index in [1.807, 2.05) is 12.1 Å². The van der Waals surface area contributed by atoms with E-state index in [2.05, 4.69) is 36.4 Å². The summed E-state index contributed by atoms with van der Waals surface area (Å²) in [7, 11) is 0. The van der Waals surface area contributed by atoms with Crippen LogP contribution in [0, 0.1) is 0 Å². The molecule has 4 heteroatoms. The second-order valence-electron chi connectivity index (χ2n) is 6.65. The summed E-state index contributed by atoms with van der Waals surface area (Å²) in [6.45, 7) is 1.71. The van der Waals surface area contributed by atoms with Gasteiger partial charge in [0.05, 0.1) is 0 Å². The molecule has 1 unspecified atom stereocenters. The molecule has 1 amide bonds. The Labute approximate surface area is 142 Å². The van der Waals surface area contributed by atoms with Gasteiger partial charge < -0.3 is 15.4 Å². The van der Waals surface area contributed by atoms with Crippen LogP contribution in [0.4, 0.5) is 4.79 Å². The number of ether oxygens (including phenoxy) is 1. The lowest BCUT2D eigenvalue weighted by Crippen LogP contribution is -2.46. The molecule has 124 valence electrons. The molecule has 0 aromatic heterocycles. The van der Waals surface area contributed by atoms with Gasteiger partial charge in [-0.05, 0) is 35.1 Å². The minimum atomic E-state index is -0.244. The van der Waals surface area contributed by atoms with Gasteiger partial charge in [0.2, 0.25) is 0 Å². The highest BCUT2D eigenvalue weighted by molar-refractivity contribution is 5.79. The summed E-state index contributed by atoms with van der Waals surface area (Å²) in [5.41, 5.74) is 10.9. The normalized spacial score (nSPS) is 19.7. The smallest absolute Gasteiger partial charge is 0.409 e. The average Bonchev–Trinajstić information content (AvgIpc) is 2.94. The zero-order valence-electron chi connectivity index (χ0n) is 13.7. The molecule has 0 bridgehead atoms. The second-order valence-corrected chi connectivity index (χ2v) is 6.65. The zero-order valence-corrected chi connectivity index (χ0v) is 13.7. The van der Waals surface area contributed by atoms with Crippen LogP contribution in [0.5, 0.6) is 0 Å². The Hall–Kier alpha value is -2.33. The molecule has 4 rings (SSSR count). The molecule has 0 spiro atoms. The average molecular weight is 322 g/mol. The van der Waals surface area contributed by atoms with Crippen molar-refractivity contribution in [3.8, 4) is 11.1 Å². The number of rotatable bonds is 2. The van der Waals surface area contributed by atoms with Crippen molar-refractivity contribution in [1.82, 2.24) is 4.90 Å². The fraction of sp³-hybridized carbons (Fsp3) is 0.350. The van der Waals surface area contributed by atoms with Crippen molar-refractivity contribution < 1.29 is 9.53 Å². The Kier molecular flexibility index (Phi) is 3.98. The first-order valence-corrected chi connectivity index (χ1v) is 8.59. The predicted molar refractivity (Wildman–Crippen MR) is 93.9 cm³/mol. The van der Waals surface area contributed by atoms with Crippen molar-refractivity contribution in [2.45, 2.75) is 24.8 Å². The monoisotopic (exact) mass is 322 g/mol. The Morgan fingerprint density at radius 1 is 1.08 bits per heavy atom. The molecule has 4 nitrogen and oxygen atoms in total. The first kappa shape index (κ1) is 15.2. The van der Waals surface area contributed by atoms with E-state index in [-0.39, 0.29) is 18.1 Å². The molecular weight excluding hydrogens is 300 g/mol. The number of benzene rings is 2. The number of amides is 1. The molecule has 1 atom stereocenters. The van der Waals surface area contributed by atoms with Gasteiger partial charge in [0.1, 0.15) is 6.61 Å². The van der Waals surface area contributed by atoms with E-state index in [0.717, 1.165) is 19.4 Å². The van der Waals surface area contributed by atoms with Crippen molar-refractivity contribution in [3.05, 3.63) is 59.7 Å². The molecule has 1 fully saturated rings. The number of nitrogens with two attached hydrogens (primary N) is 1. The van der Waals surface area contributed by atoms with Gasteiger partial charge in [-0.2, -0.15) is 0 Å². The van der Waals surface area contributed by atoms with Crippen LogP contribution in [0.2, 0.25) is 0 Å². The minimum Gasteiger partial charge on any atom is -0.448 e. The van der Waals surface area contributed by atoms with Crippen molar-refractivity contribution in [3.63, 3.8) is 0 Å². The lowest BCUT2D eigenvalue weighted by molar-refractivity contribution is 0.0896. The summed E-state index contributed by atoms with van der Waals surface area (Å²) in [5.74, 6) is 0.111. The number of nitrogens with zero attached hydrogens (tertiary/aromatic N) is 1. The van der Waals surface area contributed by atoms with Crippen LogP contribution in [0.3, 0.4) is 0 Å². The highest BCUT2D eigenvalue weighted by Gasteiger charge is 2.30. The van der Waals surface area contributed by atoms with Crippen LogP contribution in [0.15, 0.2) is 48.5 Å². The van der Waals surface area contributed by atoms with Gasteiger partial charge in [-0.1, -0.05) is 48.5 Å². The highest BCUT2D eigenvalue weighted by atomic mass is 16.6. The van der Waals surface area contributed by atoms with Gasteiger partial charge in [-0.25, -0.2) is 4.79 Å². The van der Waals surface area contributed by atoms with Gasteiger partial charge in [-0.3, -0.25) is 0 Å². The third kappa shape index (κ3) is 2.67. The maximum absolute atomic E-state index is 12.4. The molecule has 0 radical (unpaired) electrons. The van der Waals surface area contributed by atoms with Gasteiger partial charge in [0.25, 0.3) is 0 Å². The van der Waals surface area contributed by atoms with Crippen LogP contribution in [0.1, 0.15) is 29.9 Å². The standard InChI is InChI=1S/C20H22N2O2/c21-14-6-5-11-22(12-14)20(23)24-13-19-17-9-3-1-7-15(17)16-8-2-4-10-18(16)19/h1-4,7-10,14,19H,5-6,11-13,21H2. The third-order valence-corrected chi connectivity index (χ3v) is 5.05. The second kappa shape index (κ2) is 6.29. The predicted octanol–water partition coefficient (Wildman–Crippen LogP) is 3.36.